The molecule has 0 amide bonds. The van der Waals surface area contributed by atoms with Gasteiger partial charge >= 0.3 is 5.97 Å². The molecule has 35 heavy (non-hydrogen) atoms. The largest absolute Gasteiger partial charge is 0.478 e. The molecule has 2 aromatic heterocycles. The van der Waals surface area contributed by atoms with E-state index >= 15 is 0 Å². The van der Waals surface area contributed by atoms with Crippen molar-refractivity contribution < 1.29 is 14.3 Å². The van der Waals surface area contributed by atoms with E-state index in [1.807, 2.05) is 56.4 Å². The molecule has 0 saturated heterocycles. The van der Waals surface area contributed by atoms with Gasteiger partial charge in [-0.25, -0.2) is 9.48 Å². The average Bonchev–Trinajstić information content (AvgIpc) is 3.35. The summed E-state index contributed by atoms with van der Waals surface area (Å²) >= 11 is 0. The Morgan fingerprint density at radius 2 is 1.80 bits per heavy atom. The monoisotopic (exact) mass is 465 g/mol. The fourth-order valence-corrected chi connectivity index (χ4v) is 4.18. The number of anilines is 1. The summed E-state index contributed by atoms with van der Waals surface area (Å²) in [5.74, 6) is -0.605. The molecule has 2 heterocycles. The number of aromatic nitrogens is 2. The number of fused-ring (bicyclic) bond motifs is 1. The standard InChI is InChI=1S/C28H23N3O4/c1-17-12-22(18(2)30-24-11-7-6-10-21(24)28(33)34)27-23(13-17)25(32)14-26(35-27)19-15-29-31(16-19)20-8-4-3-5-9-20/h3-16,18,30H,1-2H3,(H,33,34). The Balaban J connectivity index is 1.59. The van der Waals surface area contributed by atoms with Crippen LogP contribution in [0, 0.1) is 6.92 Å². The summed E-state index contributed by atoms with van der Waals surface area (Å²) in [4.78, 5) is 24.7. The summed E-state index contributed by atoms with van der Waals surface area (Å²) < 4.78 is 8.02. The van der Waals surface area contributed by atoms with E-state index in [2.05, 4.69) is 10.4 Å². The van der Waals surface area contributed by atoms with Crippen molar-refractivity contribution in [2.45, 2.75) is 19.9 Å². The Morgan fingerprint density at radius 1 is 1.06 bits per heavy atom. The first-order valence-electron chi connectivity index (χ1n) is 11.2. The van der Waals surface area contributed by atoms with Gasteiger partial charge in [-0.05, 0) is 49.7 Å². The minimum Gasteiger partial charge on any atom is -0.478 e. The van der Waals surface area contributed by atoms with Gasteiger partial charge in [-0.3, -0.25) is 4.79 Å². The lowest BCUT2D eigenvalue weighted by atomic mass is 10.0. The van der Waals surface area contributed by atoms with Gasteiger partial charge in [0.1, 0.15) is 11.3 Å². The predicted octanol–water partition coefficient (Wildman–Crippen LogP) is 5.83. The van der Waals surface area contributed by atoms with Crippen molar-refractivity contribution in [2.24, 2.45) is 0 Å². The fourth-order valence-electron chi connectivity index (χ4n) is 4.18. The lowest BCUT2D eigenvalue weighted by Crippen LogP contribution is -2.12. The summed E-state index contributed by atoms with van der Waals surface area (Å²) in [7, 11) is 0. The summed E-state index contributed by atoms with van der Waals surface area (Å²) in [5, 5.41) is 17.7. The molecule has 0 aliphatic heterocycles. The number of carboxylic acids is 1. The second-order valence-electron chi connectivity index (χ2n) is 8.43. The third-order valence-electron chi connectivity index (χ3n) is 5.89. The van der Waals surface area contributed by atoms with Crippen LogP contribution in [0.1, 0.15) is 34.5 Å². The number of nitrogens with one attached hydrogen (secondary N) is 1. The van der Waals surface area contributed by atoms with Crippen molar-refractivity contribution in [3.05, 3.63) is 112 Å². The van der Waals surface area contributed by atoms with Gasteiger partial charge in [0.15, 0.2) is 5.43 Å². The number of para-hydroxylation sites is 2. The summed E-state index contributed by atoms with van der Waals surface area (Å²) in [6.45, 7) is 3.82. The summed E-state index contributed by atoms with van der Waals surface area (Å²) in [5.41, 5.74) is 4.20. The van der Waals surface area contributed by atoms with E-state index in [0.29, 0.717) is 28.0 Å². The van der Waals surface area contributed by atoms with Gasteiger partial charge in [-0.2, -0.15) is 5.10 Å². The summed E-state index contributed by atoms with van der Waals surface area (Å²) in [6.07, 6.45) is 3.48. The Morgan fingerprint density at radius 3 is 2.57 bits per heavy atom. The first-order chi connectivity index (χ1) is 16.9. The second kappa shape index (κ2) is 8.95. The minimum absolute atomic E-state index is 0.156. The van der Waals surface area contributed by atoms with Gasteiger partial charge in [-0.1, -0.05) is 36.4 Å². The third-order valence-corrected chi connectivity index (χ3v) is 5.89. The molecule has 0 spiro atoms. The maximum atomic E-state index is 13.1. The van der Waals surface area contributed by atoms with Crippen LogP contribution in [-0.4, -0.2) is 20.9 Å². The molecule has 0 aliphatic carbocycles. The van der Waals surface area contributed by atoms with Crippen LogP contribution in [0.5, 0.6) is 0 Å². The fraction of sp³-hybridized carbons (Fsp3) is 0.107. The van der Waals surface area contributed by atoms with Crippen LogP contribution in [0.3, 0.4) is 0 Å². The molecule has 0 fully saturated rings. The Kier molecular flexibility index (Phi) is 5.66. The van der Waals surface area contributed by atoms with Crippen LogP contribution in [-0.2, 0) is 0 Å². The van der Waals surface area contributed by atoms with E-state index in [4.69, 9.17) is 4.42 Å². The summed E-state index contributed by atoms with van der Waals surface area (Å²) in [6, 6.07) is 21.3. The van der Waals surface area contributed by atoms with Gasteiger partial charge in [-0.15, -0.1) is 0 Å². The molecule has 174 valence electrons. The van der Waals surface area contributed by atoms with Gasteiger partial charge in [0.2, 0.25) is 0 Å². The average molecular weight is 466 g/mol. The van der Waals surface area contributed by atoms with Gasteiger partial charge < -0.3 is 14.8 Å². The molecule has 3 aromatic carbocycles. The topological polar surface area (TPSA) is 97.4 Å². The van der Waals surface area contributed by atoms with Crippen LogP contribution in [0.2, 0.25) is 0 Å². The number of carboxylic acid groups (broad SMARTS) is 1. The van der Waals surface area contributed by atoms with Crippen molar-refractivity contribution in [3.8, 4) is 17.0 Å². The number of benzene rings is 3. The van der Waals surface area contributed by atoms with E-state index in [9.17, 15) is 14.7 Å². The zero-order valence-corrected chi connectivity index (χ0v) is 19.2. The van der Waals surface area contributed by atoms with Crippen LogP contribution >= 0.6 is 0 Å². The molecule has 5 aromatic rings. The van der Waals surface area contributed by atoms with Crippen molar-refractivity contribution in [2.75, 3.05) is 5.32 Å². The highest BCUT2D eigenvalue weighted by Gasteiger charge is 2.19. The highest BCUT2D eigenvalue weighted by Crippen LogP contribution is 2.31. The van der Waals surface area contributed by atoms with Crippen molar-refractivity contribution >= 4 is 22.6 Å². The highest BCUT2D eigenvalue weighted by atomic mass is 16.4. The normalized spacial score (nSPS) is 11.9. The molecule has 2 N–H and O–H groups in total. The van der Waals surface area contributed by atoms with E-state index in [1.54, 1.807) is 41.2 Å². The third kappa shape index (κ3) is 4.31. The Hall–Kier alpha value is -4.65. The molecule has 7 nitrogen and oxygen atoms in total. The Bertz CT molecular complexity index is 1600. The minimum atomic E-state index is -1.02. The van der Waals surface area contributed by atoms with Crippen LogP contribution < -0.4 is 10.7 Å². The number of carbonyl (C=O) groups is 1. The smallest absolute Gasteiger partial charge is 0.337 e. The van der Waals surface area contributed by atoms with Gasteiger partial charge in [0.05, 0.1) is 34.4 Å². The molecule has 5 rings (SSSR count). The molecule has 1 unspecified atom stereocenters. The lowest BCUT2D eigenvalue weighted by Gasteiger charge is -2.19. The lowest BCUT2D eigenvalue weighted by molar-refractivity contribution is 0.0698. The van der Waals surface area contributed by atoms with Crippen molar-refractivity contribution in [1.82, 2.24) is 9.78 Å². The quantitative estimate of drug-likeness (QED) is 0.328. The van der Waals surface area contributed by atoms with Crippen LogP contribution in [0.25, 0.3) is 28.0 Å². The maximum absolute atomic E-state index is 13.1. The zero-order chi connectivity index (χ0) is 24.5. The van der Waals surface area contributed by atoms with Crippen LogP contribution in [0.4, 0.5) is 5.69 Å². The second-order valence-corrected chi connectivity index (χ2v) is 8.43. The van der Waals surface area contributed by atoms with E-state index in [0.717, 1.165) is 16.8 Å². The number of aryl methyl sites for hydroxylation is 1. The maximum Gasteiger partial charge on any atom is 0.337 e. The molecular weight excluding hydrogens is 442 g/mol. The molecule has 7 heteroatoms. The van der Waals surface area contributed by atoms with E-state index in [1.165, 1.54) is 6.07 Å². The number of aromatic carboxylic acids is 1. The molecule has 0 bridgehead atoms. The highest BCUT2D eigenvalue weighted by molar-refractivity contribution is 5.94. The number of hydrogen-bond acceptors (Lipinski definition) is 5. The molecule has 0 aliphatic rings. The van der Waals surface area contributed by atoms with Gasteiger partial charge in [0, 0.05) is 23.5 Å². The number of rotatable bonds is 6. The first kappa shape index (κ1) is 22.2. The van der Waals surface area contributed by atoms with Crippen LogP contribution in [0.15, 0.2) is 94.4 Å². The van der Waals surface area contributed by atoms with Crippen molar-refractivity contribution in [1.29, 1.82) is 0 Å². The predicted molar refractivity (Wildman–Crippen MR) is 135 cm³/mol. The molecular formula is C28H23N3O4. The first-order valence-corrected chi connectivity index (χ1v) is 11.2. The SMILES string of the molecule is Cc1cc(C(C)Nc2ccccc2C(=O)O)c2oc(-c3cnn(-c4ccccc4)c3)cc(=O)c2c1. The number of nitrogens with zero attached hydrogens (tertiary/aromatic N) is 2. The van der Waals surface area contributed by atoms with Gasteiger partial charge in [0.25, 0.3) is 0 Å². The number of hydrogen-bond donors (Lipinski definition) is 2. The Labute approximate surface area is 201 Å². The zero-order valence-electron chi connectivity index (χ0n) is 19.2. The van der Waals surface area contributed by atoms with E-state index < -0.39 is 5.97 Å². The molecule has 0 radical (unpaired) electrons. The van der Waals surface area contributed by atoms with Crippen molar-refractivity contribution in [3.63, 3.8) is 0 Å². The van der Waals surface area contributed by atoms with E-state index in [-0.39, 0.29) is 17.0 Å². The molecule has 0 saturated carbocycles. The molecule has 1 atom stereocenters.